The molecule has 1 aromatic carbocycles. The Morgan fingerprint density at radius 3 is 2.38 bits per heavy atom. The number of benzene rings is 1. The molecule has 7 nitrogen and oxygen atoms in total. The molecule has 0 unspecified atom stereocenters. The smallest absolute Gasteiger partial charge is 0.238 e. The van der Waals surface area contributed by atoms with Gasteiger partial charge in [0, 0.05) is 49.7 Å². The summed E-state index contributed by atoms with van der Waals surface area (Å²) in [5.74, 6) is -0.107. The second-order valence-electron chi connectivity index (χ2n) is 8.56. The van der Waals surface area contributed by atoms with Crippen molar-refractivity contribution in [2.24, 2.45) is 5.92 Å². The summed E-state index contributed by atoms with van der Waals surface area (Å²) in [5.41, 5.74) is 1.71. The zero-order valence-corrected chi connectivity index (χ0v) is 19.2. The van der Waals surface area contributed by atoms with Crippen LogP contribution in [0.4, 0.5) is 10.1 Å². The molecule has 2 aromatic rings. The van der Waals surface area contributed by atoms with E-state index in [2.05, 4.69) is 25.5 Å². The van der Waals surface area contributed by atoms with Crippen LogP contribution in [0.25, 0.3) is 0 Å². The first-order valence-electron chi connectivity index (χ1n) is 11.2. The van der Waals surface area contributed by atoms with E-state index in [1.54, 1.807) is 23.5 Å². The van der Waals surface area contributed by atoms with E-state index in [1.807, 2.05) is 11.8 Å². The van der Waals surface area contributed by atoms with Gasteiger partial charge in [-0.05, 0) is 57.1 Å². The van der Waals surface area contributed by atoms with Crippen molar-refractivity contribution in [3.8, 4) is 0 Å². The molecule has 1 aromatic heterocycles. The van der Waals surface area contributed by atoms with Crippen molar-refractivity contribution in [2.75, 3.05) is 51.1 Å². The first-order valence-corrected chi connectivity index (χ1v) is 12.0. The van der Waals surface area contributed by atoms with Gasteiger partial charge in [-0.1, -0.05) is 0 Å². The molecule has 2 aliphatic heterocycles. The summed E-state index contributed by atoms with van der Waals surface area (Å²) < 4.78 is 13.0. The number of rotatable bonds is 6. The van der Waals surface area contributed by atoms with Gasteiger partial charge in [0.1, 0.15) is 5.82 Å². The minimum absolute atomic E-state index is 0.0942. The number of anilines is 1. The molecular weight excluding hydrogens is 429 g/mol. The second-order valence-corrected chi connectivity index (χ2v) is 9.63. The first-order chi connectivity index (χ1) is 15.5. The average Bonchev–Trinajstić information content (AvgIpc) is 3.20. The largest absolute Gasteiger partial charge is 0.340 e. The summed E-state index contributed by atoms with van der Waals surface area (Å²) in [6.45, 7) is 7.69. The van der Waals surface area contributed by atoms with Gasteiger partial charge in [-0.2, -0.15) is 0 Å². The number of hydrogen-bond donors (Lipinski definition) is 1. The summed E-state index contributed by atoms with van der Waals surface area (Å²) in [6.07, 6.45) is 1.78. The van der Waals surface area contributed by atoms with E-state index in [-0.39, 0.29) is 30.1 Å². The van der Waals surface area contributed by atoms with Gasteiger partial charge in [-0.3, -0.25) is 19.4 Å². The molecule has 32 heavy (non-hydrogen) atoms. The summed E-state index contributed by atoms with van der Waals surface area (Å²) in [7, 11) is 0. The quantitative estimate of drug-likeness (QED) is 0.719. The Morgan fingerprint density at radius 2 is 1.75 bits per heavy atom. The van der Waals surface area contributed by atoms with Gasteiger partial charge in [-0.15, -0.1) is 11.3 Å². The summed E-state index contributed by atoms with van der Waals surface area (Å²) in [6, 6.07) is 5.75. The summed E-state index contributed by atoms with van der Waals surface area (Å²) in [4.78, 5) is 36.2. The minimum atomic E-state index is -0.330. The van der Waals surface area contributed by atoms with Crippen LogP contribution in [0.1, 0.15) is 23.5 Å². The normalized spacial score (nSPS) is 18.6. The highest BCUT2D eigenvalue weighted by Gasteiger charge is 2.30. The first kappa shape index (κ1) is 22.8. The fraction of sp³-hybridized carbons (Fsp3) is 0.522. The molecule has 0 saturated carbocycles. The molecule has 2 fully saturated rings. The van der Waals surface area contributed by atoms with Gasteiger partial charge in [-0.25, -0.2) is 9.37 Å². The van der Waals surface area contributed by atoms with E-state index in [0.29, 0.717) is 31.9 Å². The molecule has 3 heterocycles. The zero-order valence-electron chi connectivity index (χ0n) is 18.4. The summed E-state index contributed by atoms with van der Waals surface area (Å²) in [5, 5.41) is 6.00. The van der Waals surface area contributed by atoms with Gasteiger partial charge in [0.15, 0.2) is 0 Å². The molecule has 1 N–H and O–H groups in total. The van der Waals surface area contributed by atoms with Crippen molar-refractivity contribution in [1.82, 2.24) is 19.7 Å². The van der Waals surface area contributed by atoms with E-state index in [1.165, 1.54) is 12.1 Å². The predicted octanol–water partition coefficient (Wildman–Crippen LogP) is 2.59. The van der Waals surface area contributed by atoms with Crippen LogP contribution in [0.2, 0.25) is 0 Å². The molecule has 2 aliphatic rings. The van der Waals surface area contributed by atoms with Crippen LogP contribution < -0.4 is 5.32 Å². The van der Waals surface area contributed by atoms with Gasteiger partial charge >= 0.3 is 0 Å². The van der Waals surface area contributed by atoms with E-state index >= 15 is 0 Å². The van der Waals surface area contributed by atoms with Gasteiger partial charge < -0.3 is 10.2 Å². The Hall–Kier alpha value is -2.36. The highest BCUT2D eigenvalue weighted by Crippen LogP contribution is 2.22. The Bertz CT molecular complexity index is 919. The monoisotopic (exact) mass is 459 g/mol. The van der Waals surface area contributed by atoms with Crippen molar-refractivity contribution in [2.45, 2.75) is 26.3 Å². The predicted molar refractivity (Wildman–Crippen MR) is 123 cm³/mol. The highest BCUT2D eigenvalue weighted by atomic mass is 32.1. The number of likely N-dealkylation sites (tertiary alicyclic amines) is 1. The summed E-state index contributed by atoms with van der Waals surface area (Å²) >= 11 is 1.68. The molecule has 9 heteroatoms. The van der Waals surface area contributed by atoms with Crippen LogP contribution in [0.15, 0.2) is 29.6 Å². The Balaban J connectivity index is 1.17. The van der Waals surface area contributed by atoms with E-state index in [0.717, 1.165) is 43.2 Å². The lowest BCUT2D eigenvalue weighted by molar-refractivity contribution is -0.139. The number of halogens is 1. The van der Waals surface area contributed by atoms with Crippen molar-refractivity contribution < 1.29 is 14.0 Å². The number of piperidine rings is 1. The number of piperazine rings is 1. The minimum Gasteiger partial charge on any atom is -0.340 e. The molecule has 172 valence electrons. The maximum Gasteiger partial charge on any atom is 0.238 e. The Labute approximate surface area is 192 Å². The van der Waals surface area contributed by atoms with Gasteiger partial charge in [0.05, 0.1) is 17.2 Å². The molecule has 0 spiro atoms. The molecule has 0 atom stereocenters. The van der Waals surface area contributed by atoms with Gasteiger partial charge in [0.25, 0.3) is 0 Å². The molecule has 4 rings (SSSR count). The fourth-order valence-electron chi connectivity index (χ4n) is 4.37. The Morgan fingerprint density at radius 1 is 1.06 bits per heavy atom. The third kappa shape index (κ3) is 6.11. The number of hydrogen-bond acceptors (Lipinski definition) is 6. The van der Waals surface area contributed by atoms with Gasteiger partial charge in [0.2, 0.25) is 11.8 Å². The van der Waals surface area contributed by atoms with E-state index in [9.17, 15) is 14.0 Å². The number of carbonyl (C=O) groups is 2. The standard InChI is InChI=1S/C23H30FN5O2S/c1-17-25-21(16-32-17)14-27-8-6-18(7-9-27)23(31)29-12-10-28(11-13-29)15-22(30)26-20-4-2-19(24)3-5-20/h2-5,16,18H,6-15H2,1H3,(H,26,30). The van der Waals surface area contributed by atoms with Crippen molar-refractivity contribution in [3.05, 3.63) is 46.2 Å². The lowest BCUT2D eigenvalue weighted by Crippen LogP contribution is -2.52. The van der Waals surface area contributed by atoms with Crippen molar-refractivity contribution in [1.29, 1.82) is 0 Å². The molecular formula is C23H30FN5O2S. The Kier molecular flexibility index (Phi) is 7.49. The van der Waals surface area contributed by atoms with Crippen LogP contribution in [-0.2, 0) is 16.1 Å². The average molecular weight is 460 g/mol. The second kappa shape index (κ2) is 10.5. The number of nitrogens with one attached hydrogen (secondary N) is 1. The molecule has 0 aliphatic carbocycles. The third-order valence-electron chi connectivity index (χ3n) is 6.17. The maximum atomic E-state index is 13.0. The maximum absolute atomic E-state index is 13.0. The van der Waals surface area contributed by atoms with Crippen LogP contribution >= 0.6 is 11.3 Å². The SMILES string of the molecule is Cc1nc(CN2CCC(C(=O)N3CCN(CC(=O)Nc4ccc(F)cc4)CC3)CC2)cs1. The van der Waals surface area contributed by atoms with Crippen LogP contribution in [0, 0.1) is 18.7 Å². The highest BCUT2D eigenvalue weighted by molar-refractivity contribution is 7.09. The topological polar surface area (TPSA) is 68.8 Å². The van der Waals surface area contributed by atoms with E-state index < -0.39 is 0 Å². The van der Waals surface area contributed by atoms with Crippen LogP contribution in [0.5, 0.6) is 0 Å². The number of aryl methyl sites for hydroxylation is 1. The third-order valence-corrected chi connectivity index (χ3v) is 6.99. The number of nitrogens with zero attached hydrogens (tertiary/aromatic N) is 4. The number of amides is 2. The lowest BCUT2D eigenvalue weighted by atomic mass is 9.95. The number of aromatic nitrogens is 1. The number of thiazole rings is 1. The fourth-order valence-corrected chi connectivity index (χ4v) is 4.97. The van der Waals surface area contributed by atoms with E-state index in [4.69, 9.17) is 0 Å². The number of carbonyl (C=O) groups excluding carboxylic acids is 2. The zero-order chi connectivity index (χ0) is 22.5. The molecule has 2 saturated heterocycles. The molecule has 2 amide bonds. The van der Waals surface area contributed by atoms with Crippen molar-refractivity contribution in [3.63, 3.8) is 0 Å². The lowest BCUT2D eigenvalue weighted by Gasteiger charge is -2.38. The van der Waals surface area contributed by atoms with Crippen LogP contribution in [-0.4, -0.2) is 77.3 Å². The van der Waals surface area contributed by atoms with Crippen LogP contribution in [0.3, 0.4) is 0 Å². The van der Waals surface area contributed by atoms with Crippen molar-refractivity contribution >= 4 is 28.8 Å². The molecule has 0 bridgehead atoms. The molecule has 0 radical (unpaired) electrons.